The van der Waals surface area contributed by atoms with E-state index in [0.29, 0.717) is 18.6 Å². The molecule has 0 aliphatic carbocycles. The Morgan fingerprint density at radius 1 is 1.15 bits per heavy atom. The van der Waals surface area contributed by atoms with Gasteiger partial charge in [0.15, 0.2) is 0 Å². The number of hydrogen-bond donors (Lipinski definition) is 0. The molecule has 5 nitrogen and oxygen atoms in total. The van der Waals surface area contributed by atoms with Crippen molar-refractivity contribution in [2.75, 3.05) is 39.0 Å². The van der Waals surface area contributed by atoms with Crippen LogP contribution in [0.5, 0.6) is 0 Å². The molecule has 0 radical (unpaired) electrons. The highest BCUT2D eigenvalue weighted by Gasteiger charge is 2.30. The predicted octanol–water partition coefficient (Wildman–Crippen LogP) is 3.79. The number of carbonyl (C=O) groups is 1. The van der Waals surface area contributed by atoms with Gasteiger partial charge in [-0.15, -0.1) is 0 Å². The Kier molecular flexibility index (Phi) is 7.65. The highest BCUT2D eigenvalue weighted by Crippen LogP contribution is 2.25. The lowest BCUT2D eigenvalue weighted by molar-refractivity contribution is 0.0479. The molecule has 2 aliphatic heterocycles. The van der Waals surface area contributed by atoms with Gasteiger partial charge in [0.2, 0.25) is 0 Å². The first-order valence-electron chi connectivity index (χ1n) is 9.61. The molecule has 0 bridgehead atoms. The first kappa shape index (κ1) is 19.5. The lowest BCUT2D eigenvalue weighted by atomic mass is 9.94. The van der Waals surface area contributed by atoms with Crippen molar-refractivity contribution in [3.05, 3.63) is 35.9 Å². The number of ether oxygens (including phenoxy) is 1. The van der Waals surface area contributed by atoms with E-state index in [9.17, 15) is 4.79 Å². The van der Waals surface area contributed by atoms with Crippen molar-refractivity contribution in [1.82, 2.24) is 9.80 Å². The van der Waals surface area contributed by atoms with E-state index in [1.54, 1.807) is 0 Å². The van der Waals surface area contributed by atoms with E-state index in [-0.39, 0.29) is 6.09 Å². The van der Waals surface area contributed by atoms with E-state index < -0.39 is 0 Å². The number of amides is 1. The van der Waals surface area contributed by atoms with Gasteiger partial charge in [-0.1, -0.05) is 30.3 Å². The molecule has 1 aromatic rings. The summed E-state index contributed by atoms with van der Waals surface area (Å²) in [5, 5.41) is 0. The van der Waals surface area contributed by atoms with Crippen LogP contribution in [0.2, 0.25) is 0 Å². The van der Waals surface area contributed by atoms with Gasteiger partial charge in [0.1, 0.15) is 6.61 Å². The Morgan fingerprint density at radius 2 is 1.92 bits per heavy atom. The summed E-state index contributed by atoms with van der Waals surface area (Å²) in [4.78, 5) is 16.8. The van der Waals surface area contributed by atoms with E-state index in [1.807, 2.05) is 41.5 Å². The largest absolute Gasteiger partial charge is 0.445 e. The first-order valence-corrected chi connectivity index (χ1v) is 10.8. The molecule has 0 spiro atoms. The molecule has 26 heavy (non-hydrogen) atoms. The maximum atomic E-state index is 12.3. The van der Waals surface area contributed by atoms with Gasteiger partial charge in [-0.3, -0.25) is 4.90 Å². The maximum absolute atomic E-state index is 12.3. The number of carbonyl (C=O) groups excluding carboxylic acids is 1. The molecule has 1 aromatic carbocycles. The fraction of sp³-hybridized carbons (Fsp3) is 0.650. The highest BCUT2D eigenvalue weighted by molar-refractivity contribution is 7.93. The summed E-state index contributed by atoms with van der Waals surface area (Å²) >= 11 is 1.46. The molecule has 1 atom stereocenters. The number of rotatable bonds is 6. The minimum atomic E-state index is -0.183. The second-order valence-corrected chi connectivity index (χ2v) is 7.78. The van der Waals surface area contributed by atoms with Crippen molar-refractivity contribution in [1.29, 1.82) is 0 Å². The molecular formula is C20H30N2O3S. The zero-order valence-electron chi connectivity index (χ0n) is 15.6. The van der Waals surface area contributed by atoms with Crippen molar-refractivity contribution in [2.45, 2.75) is 38.3 Å². The van der Waals surface area contributed by atoms with Crippen molar-refractivity contribution in [3.63, 3.8) is 0 Å². The summed E-state index contributed by atoms with van der Waals surface area (Å²) in [6.07, 6.45) is 6.39. The molecule has 0 saturated carbocycles. The minimum absolute atomic E-state index is 0.183. The number of benzene rings is 1. The van der Waals surface area contributed by atoms with E-state index in [0.717, 1.165) is 44.6 Å². The average molecular weight is 379 g/mol. The number of likely N-dealkylation sites (tertiary alicyclic amines) is 2. The Hall–Kier alpha value is -1.24. The van der Waals surface area contributed by atoms with Gasteiger partial charge in [0.25, 0.3) is 0 Å². The third kappa shape index (κ3) is 5.63. The van der Waals surface area contributed by atoms with Crippen molar-refractivity contribution >= 4 is 18.1 Å². The molecule has 2 aliphatic rings. The van der Waals surface area contributed by atoms with Crippen LogP contribution in [0.15, 0.2) is 30.3 Å². The summed E-state index contributed by atoms with van der Waals surface area (Å²) in [5.41, 5.74) is 1.03. The normalized spacial score (nSPS) is 22.3. The van der Waals surface area contributed by atoms with Crippen LogP contribution in [0.25, 0.3) is 0 Å². The Morgan fingerprint density at radius 3 is 2.65 bits per heavy atom. The van der Waals surface area contributed by atoms with Gasteiger partial charge in [0.05, 0.1) is 6.61 Å². The number of nitrogens with zero attached hydrogens (tertiary/aromatic N) is 2. The van der Waals surface area contributed by atoms with E-state index >= 15 is 0 Å². The fourth-order valence-electron chi connectivity index (χ4n) is 3.95. The fourth-order valence-corrected chi connectivity index (χ4v) is 4.28. The zero-order chi connectivity index (χ0) is 18.2. The number of piperidine rings is 2. The quantitative estimate of drug-likeness (QED) is 0.705. The number of hydrogen-bond acceptors (Lipinski definition) is 5. The molecule has 0 aromatic heterocycles. The second kappa shape index (κ2) is 10.2. The summed E-state index contributed by atoms with van der Waals surface area (Å²) < 4.78 is 11.0. The van der Waals surface area contributed by atoms with Crippen LogP contribution in [0, 0.1) is 5.92 Å². The summed E-state index contributed by atoms with van der Waals surface area (Å²) in [6.45, 7) is 5.09. The third-order valence-corrected chi connectivity index (χ3v) is 5.79. The van der Waals surface area contributed by atoms with Crippen LogP contribution in [-0.4, -0.2) is 61.0 Å². The molecule has 2 saturated heterocycles. The summed E-state index contributed by atoms with van der Waals surface area (Å²) in [6, 6.07) is 10.4. The Bertz CT molecular complexity index is 549. The van der Waals surface area contributed by atoms with Gasteiger partial charge in [-0.05, 0) is 55.8 Å². The minimum Gasteiger partial charge on any atom is -0.445 e. The first-order chi connectivity index (χ1) is 12.8. The molecule has 1 amide bonds. The third-order valence-electron chi connectivity index (χ3n) is 5.42. The molecule has 0 N–H and O–H groups in total. The van der Waals surface area contributed by atoms with Crippen LogP contribution in [-0.2, 0) is 15.5 Å². The molecular weight excluding hydrogens is 348 g/mol. The van der Waals surface area contributed by atoms with E-state index in [1.165, 1.54) is 31.4 Å². The van der Waals surface area contributed by atoms with Gasteiger partial charge in [-0.25, -0.2) is 4.79 Å². The second-order valence-electron chi connectivity index (χ2n) is 7.21. The van der Waals surface area contributed by atoms with Gasteiger partial charge >= 0.3 is 6.09 Å². The van der Waals surface area contributed by atoms with Crippen LogP contribution >= 0.6 is 12.0 Å². The van der Waals surface area contributed by atoms with E-state index in [2.05, 4.69) is 4.90 Å². The van der Waals surface area contributed by atoms with E-state index in [4.69, 9.17) is 8.92 Å². The monoisotopic (exact) mass is 378 g/mol. The van der Waals surface area contributed by atoms with Crippen LogP contribution in [0.1, 0.15) is 31.2 Å². The smallest absolute Gasteiger partial charge is 0.410 e. The van der Waals surface area contributed by atoms with Crippen molar-refractivity contribution in [3.8, 4) is 0 Å². The lowest BCUT2D eigenvalue weighted by Crippen LogP contribution is -2.50. The average Bonchev–Trinajstić information content (AvgIpc) is 2.71. The zero-order valence-corrected chi connectivity index (χ0v) is 16.5. The lowest BCUT2D eigenvalue weighted by Gasteiger charge is -2.42. The summed E-state index contributed by atoms with van der Waals surface area (Å²) in [5.74, 6) is 0.644. The molecule has 6 heteroatoms. The van der Waals surface area contributed by atoms with Gasteiger partial charge in [0, 0.05) is 31.9 Å². The van der Waals surface area contributed by atoms with Crippen molar-refractivity contribution in [2.24, 2.45) is 5.92 Å². The predicted molar refractivity (Wildman–Crippen MR) is 105 cm³/mol. The molecule has 3 rings (SSSR count). The molecule has 144 valence electrons. The maximum Gasteiger partial charge on any atom is 0.410 e. The SMILES string of the molecule is CSOCC1CCCN(C2CCN(C(=O)OCc3ccccc3)CC2)C1. The highest BCUT2D eigenvalue weighted by atomic mass is 32.2. The van der Waals surface area contributed by atoms with Crippen LogP contribution in [0.3, 0.4) is 0 Å². The Labute approximate surface area is 161 Å². The van der Waals surface area contributed by atoms with Crippen LogP contribution in [0.4, 0.5) is 4.79 Å². The molecule has 1 unspecified atom stereocenters. The van der Waals surface area contributed by atoms with Crippen molar-refractivity contribution < 1.29 is 13.7 Å². The Balaban J connectivity index is 1.40. The standard InChI is InChI=1S/C20H30N2O3S/c1-26-25-16-18-8-5-11-22(14-18)19-9-12-21(13-10-19)20(23)24-15-17-6-3-2-4-7-17/h2-4,6-7,18-19H,5,8-16H2,1H3. The van der Waals surface area contributed by atoms with Gasteiger partial charge in [-0.2, -0.15) is 0 Å². The molecule has 2 fully saturated rings. The van der Waals surface area contributed by atoms with Crippen LogP contribution < -0.4 is 0 Å². The summed E-state index contributed by atoms with van der Waals surface area (Å²) in [7, 11) is 0. The molecule has 2 heterocycles. The van der Waals surface area contributed by atoms with Gasteiger partial charge < -0.3 is 13.8 Å². The topological polar surface area (TPSA) is 42.0 Å².